The minimum Gasteiger partial charge on any atom is -0.479 e. The second-order valence-corrected chi connectivity index (χ2v) is 5.52. The van der Waals surface area contributed by atoms with Gasteiger partial charge in [0.2, 0.25) is 5.60 Å². The van der Waals surface area contributed by atoms with Crippen LogP contribution >= 0.6 is 0 Å². The zero-order valence-electron chi connectivity index (χ0n) is 10.6. The fourth-order valence-corrected chi connectivity index (χ4v) is 3.05. The van der Waals surface area contributed by atoms with Crippen LogP contribution in [0.2, 0.25) is 0 Å². The van der Waals surface area contributed by atoms with Crippen molar-refractivity contribution in [1.82, 2.24) is 4.90 Å². The number of piperidine rings is 1. The molecule has 2 fully saturated rings. The monoisotopic (exact) mass is 255 g/mol. The number of rotatable bonds is 3. The summed E-state index contributed by atoms with van der Waals surface area (Å²) in [6.45, 7) is 1.18. The Labute approximate surface area is 107 Å². The van der Waals surface area contributed by atoms with E-state index < -0.39 is 17.5 Å². The Morgan fingerprint density at radius 1 is 1.28 bits per heavy atom. The predicted octanol–water partition coefficient (Wildman–Crippen LogP) is 1.00. The van der Waals surface area contributed by atoms with E-state index in [4.69, 9.17) is 5.11 Å². The molecule has 2 rings (SSSR count). The Morgan fingerprint density at radius 3 is 2.56 bits per heavy atom. The minimum atomic E-state index is -2.19. The van der Waals surface area contributed by atoms with Crippen LogP contribution in [0.3, 0.4) is 0 Å². The number of hydrogen-bond acceptors (Lipinski definition) is 3. The first-order valence-corrected chi connectivity index (χ1v) is 6.79. The second kappa shape index (κ2) is 5.26. The maximum Gasteiger partial charge on any atom is 0.345 e. The number of carboxylic acids is 1. The molecule has 5 heteroatoms. The van der Waals surface area contributed by atoms with Crippen molar-refractivity contribution in [2.24, 2.45) is 5.92 Å². The molecule has 1 heterocycles. The van der Waals surface area contributed by atoms with Crippen molar-refractivity contribution in [2.45, 2.75) is 50.5 Å². The van der Waals surface area contributed by atoms with Gasteiger partial charge in [-0.2, -0.15) is 0 Å². The van der Waals surface area contributed by atoms with E-state index in [2.05, 4.69) is 0 Å². The third kappa shape index (κ3) is 2.51. The van der Waals surface area contributed by atoms with Crippen LogP contribution in [-0.2, 0) is 9.59 Å². The molecular weight excluding hydrogens is 234 g/mol. The highest BCUT2D eigenvalue weighted by atomic mass is 16.4. The van der Waals surface area contributed by atoms with Crippen molar-refractivity contribution in [3.8, 4) is 0 Å². The number of nitrogens with zero attached hydrogens (tertiary/aromatic N) is 1. The summed E-state index contributed by atoms with van der Waals surface area (Å²) in [4.78, 5) is 24.6. The SMILES string of the molecule is O=C(O)C1(O)CCCN(CC2CCCCC2)C1=O. The first kappa shape index (κ1) is 13.3. The summed E-state index contributed by atoms with van der Waals surface area (Å²) in [6, 6.07) is 0. The second-order valence-electron chi connectivity index (χ2n) is 5.52. The smallest absolute Gasteiger partial charge is 0.345 e. The zero-order valence-corrected chi connectivity index (χ0v) is 10.6. The molecule has 0 aromatic carbocycles. The number of aliphatic hydroxyl groups is 1. The van der Waals surface area contributed by atoms with Crippen LogP contribution in [0.15, 0.2) is 0 Å². The van der Waals surface area contributed by atoms with E-state index >= 15 is 0 Å². The number of carbonyl (C=O) groups excluding carboxylic acids is 1. The van der Waals surface area contributed by atoms with Gasteiger partial charge in [-0.3, -0.25) is 4.79 Å². The van der Waals surface area contributed by atoms with Gasteiger partial charge >= 0.3 is 5.97 Å². The Balaban J connectivity index is 2.00. The highest BCUT2D eigenvalue weighted by Gasteiger charge is 2.49. The maximum absolute atomic E-state index is 12.1. The van der Waals surface area contributed by atoms with E-state index in [-0.39, 0.29) is 6.42 Å². The predicted molar refractivity (Wildman–Crippen MR) is 65.0 cm³/mol. The maximum atomic E-state index is 12.1. The molecular formula is C13H21NO4. The fourth-order valence-electron chi connectivity index (χ4n) is 3.05. The van der Waals surface area contributed by atoms with Crippen LogP contribution in [0.25, 0.3) is 0 Å². The summed E-state index contributed by atoms with van der Waals surface area (Å²) >= 11 is 0. The highest BCUT2D eigenvalue weighted by molar-refractivity contribution is 6.05. The third-order valence-corrected chi connectivity index (χ3v) is 4.16. The van der Waals surface area contributed by atoms with E-state index in [1.165, 1.54) is 19.3 Å². The number of carboxylic acid groups (broad SMARTS) is 1. The molecule has 1 saturated heterocycles. The number of carbonyl (C=O) groups is 2. The quantitative estimate of drug-likeness (QED) is 0.738. The molecule has 102 valence electrons. The first-order valence-electron chi connectivity index (χ1n) is 6.79. The topological polar surface area (TPSA) is 77.8 Å². The van der Waals surface area contributed by atoms with Crippen molar-refractivity contribution in [3.63, 3.8) is 0 Å². The van der Waals surface area contributed by atoms with Gasteiger partial charge in [0.15, 0.2) is 0 Å². The van der Waals surface area contributed by atoms with E-state index in [0.29, 0.717) is 25.4 Å². The zero-order chi connectivity index (χ0) is 13.2. The van der Waals surface area contributed by atoms with Crippen molar-refractivity contribution in [1.29, 1.82) is 0 Å². The molecule has 5 nitrogen and oxygen atoms in total. The Kier molecular flexibility index (Phi) is 3.90. The molecule has 0 bridgehead atoms. The fraction of sp³-hybridized carbons (Fsp3) is 0.846. The lowest BCUT2D eigenvalue weighted by Gasteiger charge is -2.38. The molecule has 0 radical (unpaired) electrons. The van der Waals surface area contributed by atoms with Gasteiger partial charge in [-0.15, -0.1) is 0 Å². The summed E-state index contributed by atoms with van der Waals surface area (Å²) in [5.74, 6) is -1.56. The normalized spacial score (nSPS) is 30.5. The van der Waals surface area contributed by atoms with Gasteiger partial charge in [0.05, 0.1) is 0 Å². The van der Waals surface area contributed by atoms with Crippen LogP contribution in [0.5, 0.6) is 0 Å². The molecule has 2 N–H and O–H groups in total. The molecule has 1 saturated carbocycles. The van der Waals surface area contributed by atoms with Crippen molar-refractivity contribution >= 4 is 11.9 Å². The average molecular weight is 255 g/mol. The van der Waals surface area contributed by atoms with E-state index in [9.17, 15) is 14.7 Å². The first-order chi connectivity index (χ1) is 8.54. The molecule has 1 aliphatic carbocycles. The molecule has 1 unspecified atom stereocenters. The summed E-state index contributed by atoms with van der Waals surface area (Å²) in [7, 11) is 0. The molecule has 1 aliphatic heterocycles. The van der Waals surface area contributed by atoms with Gasteiger partial charge in [-0.05, 0) is 31.6 Å². The van der Waals surface area contributed by atoms with Crippen molar-refractivity contribution < 1.29 is 19.8 Å². The van der Waals surface area contributed by atoms with E-state index in [1.807, 2.05) is 0 Å². The third-order valence-electron chi connectivity index (χ3n) is 4.16. The number of aliphatic carboxylic acids is 1. The Morgan fingerprint density at radius 2 is 1.94 bits per heavy atom. The van der Waals surface area contributed by atoms with Gasteiger partial charge in [-0.25, -0.2) is 4.79 Å². The molecule has 1 amide bonds. The Hall–Kier alpha value is -1.10. The standard InChI is InChI=1S/C13H21NO4/c15-11-13(18,12(16)17)7-4-8-14(11)9-10-5-2-1-3-6-10/h10,18H,1-9H2,(H,16,17). The van der Waals surface area contributed by atoms with Gasteiger partial charge in [0, 0.05) is 13.1 Å². The number of hydrogen-bond donors (Lipinski definition) is 2. The van der Waals surface area contributed by atoms with Crippen LogP contribution in [0.4, 0.5) is 0 Å². The van der Waals surface area contributed by atoms with Crippen LogP contribution in [-0.4, -0.2) is 45.7 Å². The van der Waals surface area contributed by atoms with E-state index in [1.54, 1.807) is 4.90 Å². The molecule has 1 atom stereocenters. The molecule has 0 aromatic heterocycles. The lowest BCUT2D eigenvalue weighted by Crippen LogP contribution is -2.58. The number of amides is 1. The van der Waals surface area contributed by atoms with Crippen LogP contribution in [0, 0.1) is 5.92 Å². The average Bonchev–Trinajstić information content (AvgIpc) is 2.36. The summed E-state index contributed by atoms with van der Waals surface area (Å²) < 4.78 is 0. The Bertz CT molecular complexity index is 338. The van der Waals surface area contributed by atoms with Gasteiger partial charge in [-0.1, -0.05) is 19.3 Å². The van der Waals surface area contributed by atoms with Gasteiger partial charge in [0.25, 0.3) is 5.91 Å². The largest absolute Gasteiger partial charge is 0.479 e. The highest BCUT2D eigenvalue weighted by Crippen LogP contribution is 2.28. The number of likely N-dealkylation sites (tertiary alicyclic amines) is 1. The summed E-state index contributed by atoms with van der Waals surface area (Å²) in [6.07, 6.45) is 6.43. The van der Waals surface area contributed by atoms with Crippen LogP contribution < -0.4 is 0 Å². The van der Waals surface area contributed by atoms with Crippen molar-refractivity contribution in [3.05, 3.63) is 0 Å². The van der Waals surface area contributed by atoms with E-state index in [0.717, 1.165) is 12.8 Å². The lowest BCUT2D eigenvalue weighted by atomic mass is 9.86. The molecule has 0 aromatic rings. The molecule has 0 spiro atoms. The molecule has 2 aliphatic rings. The van der Waals surface area contributed by atoms with Gasteiger partial charge < -0.3 is 15.1 Å². The van der Waals surface area contributed by atoms with Crippen molar-refractivity contribution in [2.75, 3.05) is 13.1 Å². The lowest BCUT2D eigenvalue weighted by molar-refractivity contribution is -0.176. The summed E-state index contributed by atoms with van der Waals surface area (Å²) in [5.41, 5.74) is -2.19. The minimum absolute atomic E-state index is 0.0301. The van der Waals surface area contributed by atoms with Gasteiger partial charge in [0.1, 0.15) is 0 Å². The molecule has 18 heavy (non-hydrogen) atoms. The van der Waals surface area contributed by atoms with Crippen LogP contribution in [0.1, 0.15) is 44.9 Å². The summed E-state index contributed by atoms with van der Waals surface area (Å²) in [5, 5.41) is 18.9.